The predicted octanol–water partition coefficient (Wildman–Crippen LogP) is 2.00. The van der Waals surface area contributed by atoms with Gasteiger partial charge in [0.05, 0.1) is 11.0 Å². The molecular formula is C15H23NO3S. The van der Waals surface area contributed by atoms with E-state index < -0.39 is 16.1 Å². The molecule has 0 heterocycles. The second-order valence-corrected chi connectivity index (χ2v) is 7.90. The van der Waals surface area contributed by atoms with Crippen molar-refractivity contribution < 1.29 is 13.5 Å². The third-order valence-electron chi connectivity index (χ3n) is 3.88. The maximum atomic E-state index is 12.7. The fourth-order valence-corrected chi connectivity index (χ4v) is 4.31. The Hall–Kier alpha value is -0.910. The molecule has 0 aliphatic heterocycles. The highest BCUT2D eigenvalue weighted by atomic mass is 32.2. The van der Waals surface area contributed by atoms with Crippen molar-refractivity contribution in [2.75, 3.05) is 13.6 Å². The minimum absolute atomic E-state index is 0.166. The molecule has 1 fully saturated rings. The second kappa shape index (κ2) is 5.47. The van der Waals surface area contributed by atoms with Gasteiger partial charge in [-0.25, -0.2) is 8.42 Å². The lowest BCUT2D eigenvalue weighted by Crippen LogP contribution is -2.35. The summed E-state index contributed by atoms with van der Waals surface area (Å²) in [4.78, 5) is 0.369. The number of aliphatic hydroxyl groups is 1. The van der Waals surface area contributed by atoms with Gasteiger partial charge in [-0.15, -0.1) is 0 Å². The Morgan fingerprint density at radius 2 is 1.75 bits per heavy atom. The van der Waals surface area contributed by atoms with Crippen molar-refractivity contribution in [2.45, 2.75) is 44.6 Å². The largest absolute Gasteiger partial charge is 0.391 e. The van der Waals surface area contributed by atoms with Gasteiger partial charge in [0.15, 0.2) is 0 Å². The summed E-state index contributed by atoms with van der Waals surface area (Å²) in [6, 6.07) is 3.76. The van der Waals surface area contributed by atoms with Crippen molar-refractivity contribution in [2.24, 2.45) is 5.92 Å². The van der Waals surface area contributed by atoms with Gasteiger partial charge in [-0.05, 0) is 50.7 Å². The third kappa shape index (κ3) is 3.05. The summed E-state index contributed by atoms with van der Waals surface area (Å²) in [7, 11) is -2.00. The highest BCUT2D eigenvalue weighted by Gasteiger charge is 2.33. The molecule has 1 aromatic rings. The molecule has 4 nitrogen and oxygen atoms in total. The first kappa shape index (κ1) is 15.5. The van der Waals surface area contributed by atoms with E-state index in [0.717, 1.165) is 29.5 Å². The molecule has 1 saturated carbocycles. The number of hydrogen-bond acceptors (Lipinski definition) is 3. The molecule has 0 aromatic heterocycles. The summed E-state index contributed by atoms with van der Waals surface area (Å²) in [5.41, 5.74) is 2.57. The van der Waals surface area contributed by atoms with Crippen LogP contribution in [0.5, 0.6) is 0 Å². The van der Waals surface area contributed by atoms with Crippen molar-refractivity contribution in [1.29, 1.82) is 0 Å². The summed E-state index contributed by atoms with van der Waals surface area (Å²) in [6.45, 7) is 5.76. The van der Waals surface area contributed by atoms with Crippen molar-refractivity contribution in [3.8, 4) is 0 Å². The van der Waals surface area contributed by atoms with E-state index in [1.54, 1.807) is 7.05 Å². The number of aliphatic hydroxyl groups excluding tert-OH is 1. The first-order valence-electron chi connectivity index (χ1n) is 6.95. The molecule has 2 rings (SSSR count). The lowest BCUT2D eigenvalue weighted by Gasteiger charge is -2.22. The van der Waals surface area contributed by atoms with Crippen molar-refractivity contribution in [1.82, 2.24) is 4.31 Å². The predicted molar refractivity (Wildman–Crippen MR) is 79.2 cm³/mol. The Morgan fingerprint density at radius 1 is 1.25 bits per heavy atom. The molecule has 1 aliphatic rings. The van der Waals surface area contributed by atoms with Crippen LogP contribution in [0.3, 0.4) is 0 Å². The molecule has 0 spiro atoms. The topological polar surface area (TPSA) is 57.6 Å². The number of rotatable bonds is 5. The van der Waals surface area contributed by atoms with E-state index in [1.165, 1.54) is 4.31 Å². The summed E-state index contributed by atoms with van der Waals surface area (Å²) in [5.74, 6) is 0.271. The standard InChI is InChI=1S/C15H23NO3S/c1-10-7-11(2)15(12(3)8-10)20(18,19)16(4)9-14(17)13-5-6-13/h7-8,13-14,17H,5-6,9H2,1-4H3. The van der Waals surface area contributed by atoms with Gasteiger partial charge in [0, 0.05) is 13.6 Å². The maximum absolute atomic E-state index is 12.7. The molecular weight excluding hydrogens is 274 g/mol. The first-order valence-corrected chi connectivity index (χ1v) is 8.39. The quantitative estimate of drug-likeness (QED) is 0.904. The number of likely N-dealkylation sites (N-methyl/N-ethyl adjacent to an activating group) is 1. The molecule has 0 bridgehead atoms. The monoisotopic (exact) mass is 297 g/mol. The molecule has 0 saturated heterocycles. The average Bonchev–Trinajstić information content (AvgIpc) is 3.09. The zero-order valence-electron chi connectivity index (χ0n) is 12.5. The van der Waals surface area contributed by atoms with Crippen LogP contribution in [0.4, 0.5) is 0 Å². The van der Waals surface area contributed by atoms with Gasteiger partial charge in [0.25, 0.3) is 0 Å². The Balaban J connectivity index is 2.29. The molecule has 112 valence electrons. The van der Waals surface area contributed by atoms with Gasteiger partial charge < -0.3 is 5.11 Å². The molecule has 1 atom stereocenters. The highest BCUT2D eigenvalue weighted by Crippen LogP contribution is 2.33. The van der Waals surface area contributed by atoms with Gasteiger partial charge >= 0.3 is 0 Å². The van der Waals surface area contributed by atoms with Crippen LogP contribution in [0.15, 0.2) is 17.0 Å². The minimum Gasteiger partial charge on any atom is -0.391 e. The van der Waals surface area contributed by atoms with E-state index in [9.17, 15) is 13.5 Å². The summed E-state index contributed by atoms with van der Waals surface area (Å²) < 4.78 is 26.6. The van der Waals surface area contributed by atoms with Crippen LogP contribution in [0.25, 0.3) is 0 Å². The highest BCUT2D eigenvalue weighted by molar-refractivity contribution is 7.89. The van der Waals surface area contributed by atoms with Gasteiger partial charge in [-0.3, -0.25) is 0 Å². The Morgan fingerprint density at radius 3 is 2.20 bits per heavy atom. The molecule has 1 aliphatic carbocycles. The third-order valence-corrected chi connectivity index (χ3v) is 6.01. The van der Waals surface area contributed by atoms with Crippen LogP contribution in [0.2, 0.25) is 0 Å². The van der Waals surface area contributed by atoms with E-state index in [2.05, 4.69) is 0 Å². The van der Waals surface area contributed by atoms with Crippen LogP contribution in [0, 0.1) is 26.7 Å². The number of nitrogens with zero attached hydrogens (tertiary/aromatic N) is 1. The first-order chi connectivity index (χ1) is 9.23. The minimum atomic E-state index is -3.54. The lowest BCUT2D eigenvalue weighted by atomic mass is 10.1. The molecule has 1 aromatic carbocycles. The van der Waals surface area contributed by atoms with Crippen molar-refractivity contribution in [3.05, 3.63) is 28.8 Å². The molecule has 0 radical (unpaired) electrons. The molecule has 1 N–H and O–H groups in total. The summed E-state index contributed by atoms with van der Waals surface area (Å²) in [5, 5.41) is 9.95. The second-order valence-electron chi connectivity index (χ2n) is 5.92. The zero-order valence-corrected chi connectivity index (χ0v) is 13.4. The van der Waals surface area contributed by atoms with Crippen LogP contribution < -0.4 is 0 Å². The molecule has 0 amide bonds. The fraction of sp³-hybridized carbons (Fsp3) is 0.600. The van der Waals surface area contributed by atoms with Crippen LogP contribution in [-0.2, 0) is 10.0 Å². The van der Waals surface area contributed by atoms with Crippen LogP contribution >= 0.6 is 0 Å². The normalized spacial score (nSPS) is 17.5. The molecule has 20 heavy (non-hydrogen) atoms. The summed E-state index contributed by atoms with van der Waals surface area (Å²) in [6.07, 6.45) is 1.44. The van der Waals surface area contributed by atoms with E-state index >= 15 is 0 Å². The van der Waals surface area contributed by atoms with E-state index in [-0.39, 0.29) is 12.5 Å². The van der Waals surface area contributed by atoms with Gasteiger partial charge in [0.1, 0.15) is 0 Å². The lowest BCUT2D eigenvalue weighted by molar-refractivity contribution is 0.131. The Bertz CT molecular complexity index is 583. The fourth-order valence-electron chi connectivity index (χ4n) is 2.72. The number of hydrogen-bond donors (Lipinski definition) is 1. The SMILES string of the molecule is Cc1cc(C)c(S(=O)(=O)N(C)CC(O)C2CC2)c(C)c1. The maximum Gasteiger partial charge on any atom is 0.243 e. The Labute approximate surface area is 121 Å². The number of sulfonamides is 1. The average molecular weight is 297 g/mol. The van der Waals surface area contributed by atoms with Crippen LogP contribution in [-0.4, -0.2) is 37.5 Å². The van der Waals surface area contributed by atoms with Gasteiger partial charge in [0.2, 0.25) is 10.0 Å². The Kier molecular flexibility index (Phi) is 4.23. The van der Waals surface area contributed by atoms with Gasteiger partial charge in [-0.2, -0.15) is 4.31 Å². The van der Waals surface area contributed by atoms with E-state index in [4.69, 9.17) is 0 Å². The summed E-state index contributed by atoms with van der Waals surface area (Å²) >= 11 is 0. The van der Waals surface area contributed by atoms with E-state index in [0.29, 0.717) is 4.90 Å². The van der Waals surface area contributed by atoms with Gasteiger partial charge in [-0.1, -0.05) is 17.7 Å². The molecule has 5 heteroatoms. The smallest absolute Gasteiger partial charge is 0.243 e. The molecule has 1 unspecified atom stereocenters. The van der Waals surface area contributed by atoms with E-state index in [1.807, 2.05) is 32.9 Å². The number of benzene rings is 1. The van der Waals surface area contributed by atoms with Crippen LogP contribution in [0.1, 0.15) is 29.5 Å². The van der Waals surface area contributed by atoms with Crippen molar-refractivity contribution >= 4 is 10.0 Å². The zero-order chi connectivity index (χ0) is 15.1. The number of aryl methyl sites for hydroxylation is 3. The van der Waals surface area contributed by atoms with Crippen molar-refractivity contribution in [3.63, 3.8) is 0 Å².